The Kier molecular flexibility index (Phi) is 5.62. The Balaban J connectivity index is 1.49. The van der Waals surface area contributed by atoms with Crippen LogP contribution in [0.1, 0.15) is 26.7 Å². The van der Waals surface area contributed by atoms with Gasteiger partial charge in [0.25, 0.3) is 0 Å². The maximum Gasteiger partial charge on any atom is 0.229 e. The molecule has 1 unspecified atom stereocenters. The third kappa shape index (κ3) is 4.65. The number of aryl methyl sites for hydroxylation is 1. The molecule has 0 saturated carbocycles. The molecule has 2 aromatic heterocycles. The number of aromatic nitrogens is 3. The predicted octanol–water partition coefficient (Wildman–Crippen LogP) is 3.94. The summed E-state index contributed by atoms with van der Waals surface area (Å²) in [5.41, 5.74) is 2.18. The van der Waals surface area contributed by atoms with E-state index in [1.54, 1.807) is 4.68 Å². The highest BCUT2D eigenvalue weighted by Crippen LogP contribution is 2.26. The van der Waals surface area contributed by atoms with Gasteiger partial charge in [-0.05, 0) is 48.4 Å². The minimum atomic E-state index is 0.0294. The van der Waals surface area contributed by atoms with E-state index >= 15 is 0 Å². The van der Waals surface area contributed by atoms with Crippen molar-refractivity contribution in [3.05, 3.63) is 42.9 Å². The molecule has 0 spiro atoms. The predicted molar refractivity (Wildman–Crippen MR) is 117 cm³/mol. The highest BCUT2D eigenvalue weighted by Gasteiger charge is 2.26. The molecule has 1 atom stereocenters. The van der Waals surface area contributed by atoms with Crippen LogP contribution in [0.4, 0.5) is 5.82 Å². The van der Waals surface area contributed by atoms with E-state index in [1.165, 1.54) is 0 Å². The van der Waals surface area contributed by atoms with Crippen molar-refractivity contribution in [3.8, 4) is 11.1 Å². The lowest BCUT2D eigenvalue weighted by Gasteiger charge is -2.32. The van der Waals surface area contributed by atoms with Crippen molar-refractivity contribution >= 4 is 22.5 Å². The van der Waals surface area contributed by atoms with Crippen LogP contribution in [0.15, 0.2) is 42.9 Å². The molecular weight excluding hydrogens is 362 g/mol. The number of anilines is 1. The highest BCUT2D eigenvalue weighted by atomic mass is 16.2. The monoisotopic (exact) mass is 391 g/mol. The number of carbonyl (C=O) groups is 1. The van der Waals surface area contributed by atoms with Crippen molar-refractivity contribution in [3.63, 3.8) is 0 Å². The minimum absolute atomic E-state index is 0.0294. The molecule has 6 heteroatoms. The number of carbonyl (C=O) groups excluding carboxylic acids is 1. The van der Waals surface area contributed by atoms with Gasteiger partial charge in [-0.2, -0.15) is 5.10 Å². The van der Waals surface area contributed by atoms with Crippen molar-refractivity contribution in [1.82, 2.24) is 19.7 Å². The highest BCUT2D eigenvalue weighted by molar-refractivity contribution is 5.95. The zero-order valence-electron chi connectivity index (χ0n) is 17.4. The molecule has 3 aromatic rings. The summed E-state index contributed by atoms with van der Waals surface area (Å²) >= 11 is 0. The van der Waals surface area contributed by atoms with Crippen LogP contribution in [0, 0.1) is 11.8 Å². The standard InChI is InChI=1S/C23H29N5O/c1-16(2)13-28-8-4-5-19(15-28)23(29)26-22-10-20-9-17(6-7-18(20)11-24-22)21-12-25-27(3)14-21/h6-7,9-12,14,16,19H,4-5,8,13,15H2,1-3H3,(H,24,26,29). The van der Waals surface area contributed by atoms with E-state index in [9.17, 15) is 4.79 Å². The molecular formula is C23H29N5O. The number of piperidine rings is 1. The summed E-state index contributed by atoms with van der Waals surface area (Å²) in [7, 11) is 1.91. The van der Waals surface area contributed by atoms with Gasteiger partial charge >= 0.3 is 0 Å². The van der Waals surface area contributed by atoms with Gasteiger partial charge in [0.15, 0.2) is 0 Å². The molecule has 0 aliphatic carbocycles. The van der Waals surface area contributed by atoms with Gasteiger partial charge in [-0.15, -0.1) is 0 Å². The largest absolute Gasteiger partial charge is 0.310 e. The third-order valence-electron chi connectivity index (χ3n) is 5.51. The second kappa shape index (κ2) is 8.33. The number of hydrogen-bond donors (Lipinski definition) is 1. The second-order valence-electron chi connectivity index (χ2n) is 8.52. The van der Waals surface area contributed by atoms with Gasteiger partial charge in [0.2, 0.25) is 5.91 Å². The van der Waals surface area contributed by atoms with Crippen molar-refractivity contribution in [2.75, 3.05) is 25.0 Å². The lowest BCUT2D eigenvalue weighted by Crippen LogP contribution is -2.42. The topological polar surface area (TPSA) is 63.1 Å². The van der Waals surface area contributed by atoms with E-state index in [2.05, 4.69) is 52.3 Å². The average Bonchev–Trinajstić information content (AvgIpc) is 3.13. The number of amides is 1. The van der Waals surface area contributed by atoms with Crippen LogP contribution in [0.2, 0.25) is 0 Å². The first kappa shape index (κ1) is 19.6. The van der Waals surface area contributed by atoms with Crippen molar-refractivity contribution in [2.45, 2.75) is 26.7 Å². The number of likely N-dealkylation sites (tertiary alicyclic amines) is 1. The normalized spacial score (nSPS) is 17.7. The smallest absolute Gasteiger partial charge is 0.229 e. The first-order valence-electron chi connectivity index (χ1n) is 10.4. The fourth-order valence-electron chi connectivity index (χ4n) is 4.14. The van der Waals surface area contributed by atoms with Crippen molar-refractivity contribution in [2.24, 2.45) is 18.9 Å². The Morgan fingerprint density at radius 2 is 2.07 bits per heavy atom. The Bertz CT molecular complexity index is 1010. The van der Waals surface area contributed by atoms with Crippen LogP contribution in [0.5, 0.6) is 0 Å². The van der Waals surface area contributed by atoms with Crippen molar-refractivity contribution in [1.29, 1.82) is 0 Å². The Morgan fingerprint density at radius 3 is 2.83 bits per heavy atom. The van der Waals surface area contributed by atoms with Gasteiger partial charge in [-0.1, -0.05) is 26.0 Å². The van der Waals surface area contributed by atoms with E-state index < -0.39 is 0 Å². The fraction of sp³-hybridized carbons (Fsp3) is 0.435. The zero-order chi connectivity index (χ0) is 20.4. The number of nitrogens with zero attached hydrogens (tertiary/aromatic N) is 4. The van der Waals surface area contributed by atoms with Gasteiger partial charge in [-0.25, -0.2) is 4.98 Å². The summed E-state index contributed by atoms with van der Waals surface area (Å²) in [5, 5.41) is 9.41. The molecule has 0 radical (unpaired) electrons. The molecule has 3 heterocycles. The number of benzene rings is 1. The first-order valence-corrected chi connectivity index (χ1v) is 10.4. The van der Waals surface area contributed by atoms with Crippen LogP contribution < -0.4 is 5.32 Å². The maximum atomic E-state index is 12.8. The number of fused-ring (bicyclic) bond motifs is 1. The van der Waals surface area contributed by atoms with Crippen LogP contribution in [0.25, 0.3) is 21.9 Å². The lowest BCUT2D eigenvalue weighted by atomic mass is 9.96. The molecule has 1 amide bonds. The van der Waals surface area contributed by atoms with Gasteiger partial charge in [0.1, 0.15) is 5.82 Å². The zero-order valence-corrected chi connectivity index (χ0v) is 17.4. The van der Waals surface area contributed by atoms with E-state index in [4.69, 9.17) is 0 Å². The van der Waals surface area contributed by atoms with Crippen LogP contribution in [-0.2, 0) is 11.8 Å². The molecule has 1 fully saturated rings. The summed E-state index contributed by atoms with van der Waals surface area (Å²) < 4.78 is 1.80. The summed E-state index contributed by atoms with van der Waals surface area (Å²) in [6.45, 7) is 7.43. The first-order chi connectivity index (χ1) is 14.0. The van der Waals surface area contributed by atoms with Crippen LogP contribution in [0.3, 0.4) is 0 Å². The van der Waals surface area contributed by atoms with Gasteiger partial charge in [-0.3, -0.25) is 9.48 Å². The molecule has 1 aromatic carbocycles. The molecule has 1 N–H and O–H groups in total. The minimum Gasteiger partial charge on any atom is -0.310 e. The Morgan fingerprint density at radius 1 is 1.21 bits per heavy atom. The maximum absolute atomic E-state index is 12.8. The quantitative estimate of drug-likeness (QED) is 0.715. The summed E-state index contributed by atoms with van der Waals surface area (Å²) in [6, 6.07) is 8.21. The van der Waals surface area contributed by atoms with Gasteiger partial charge in [0, 0.05) is 43.5 Å². The van der Waals surface area contributed by atoms with Crippen LogP contribution in [-0.4, -0.2) is 45.2 Å². The van der Waals surface area contributed by atoms with Gasteiger partial charge < -0.3 is 10.2 Å². The molecule has 152 valence electrons. The SMILES string of the molecule is CC(C)CN1CCCC(C(=O)Nc2cc3cc(-c4cnn(C)c4)ccc3cn2)C1. The summed E-state index contributed by atoms with van der Waals surface area (Å²) in [6.07, 6.45) is 7.70. The number of pyridine rings is 1. The Hall–Kier alpha value is -2.73. The summed E-state index contributed by atoms with van der Waals surface area (Å²) in [5.74, 6) is 1.34. The van der Waals surface area contributed by atoms with E-state index in [0.717, 1.165) is 54.4 Å². The van der Waals surface area contributed by atoms with Crippen LogP contribution >= 0.6 is 0 Å². The molecule has 0 bridgehead atoms. The van der Waals surface area contributed by atoms with E-state index in [1.807, 2.05) is 31.7 Å². The average molecular weight is 392 g/mol. The molecule has 4 rings (SSSR count). The van der Waals surface area contributed by atoms with E-state index in [0.29, 0.717) is 11.7 Å². The summed E-state index contributed by atoms with van der Waals surface area (Å²) in [4.78, 5) is 19.7. The molecule has 1 aliphatic rings. The van der Waals surface area contributed by atoms with E-state index in [-0.39, 0.29) is 11.8 Å². The van der Waals surface area contributed by atoms with Crippen molar-refractivity contribution < 1.29 is 4.79 Å². The Labute approximate surface area is 171 Å². The molecule has 29 heavy (non-hydrogen) atoms. The molecule has 1 saturated heterocycles. The molecule has 6 nitrogen and oxygen atoms in total. The van der Waals surface area contributed by atoms with Gasteiger partial charge in [0.05, 0.1) is 12.1 Å². The number of hydrogen-bond acceptors (Lipinski definition) is 4. The molecule has 1 aliphatic heterocycles. The lowest BCUT2D eigenvalue weighted by molar-refractivity contribution is -0.121. The third-order valence-corrected chi connectivity index (χ3v) is 5.51. The number of rotatable bonds is 5. The second-order valence-corrected chi connectivity index (χ2v) is 8.52. The number of nitrogens with one attached hydrogen (secondary N) is 1. The fourth-order valence-corrected chi connectivity index (χ4v) is 4.14.